The Morgan fingerprint density at radius 1 is 0.906 bits per heavy atom. The first kappa shape index (κ1) is 22.6. The van der Waals surface area contributed by atoms with Gasteiger partial charge >= 0.3 is 0 Å². The van der Waals surface area contributed by atoms with Gasteiger partial charge in [-0.3, -0.25) is 4.68 Å². The molecule has 4 rings (SSSR count). The fourth-order valence-corrected chi connectivity index (χ4v) is 4.56. The molecule has 0 aliphatic heterocycles. The molecule has 0 saturated heterocycles. The van der Waals surface area contributed by atoms with Crippen LogP contribution in [0.5, 0.6) is 0 Å². The molecule has 1 saturated carbocycles. The Kier molecular flexibility index (Phi) is 6.68. The highest BCUT2D eigenvalue weighted by atomic mass is 16.5. The Morgan fingerprint density at radius 3 is 1.88 bits per heavy atom. The van der Waals surface area contributed by atoms with Crippen molar-refractivity contribution in [3.05, 3.63) is 83.6 Å². The smallest absolute Gasteiger partial charge is 0.145 e. The molecule has 32 heavy (non-hydrogen) atoms. The lowest BCUT2D eigenvalue weighted by molar-refractivity contribution is -0.0984. The van der Waals surface area contributed by atoms with Crippen LogP contribution in [-0.2, 0) is 28.1 Å². The number of ether oxygens (including phenoxy) is 2. The van der Waals surface area contributed by atoms with Crippen LogP contribution >= 0.6 is 0 Å². The van der Waals surface area contributed by atoms with E-state index in [9.17, 15) is 0 Å². The van der Waals surface area contributed by atoms with Crippen LogP contribution in [0.25, 0.3) is 0 Å². The van der Waals surface area contributed by atoms with Gasteiger partial charge in [-0.05, 0) is 24.0 Å². The van der Waals surface area contributed by atoms with Crippen molar-refractivity contribution < 1.29 is 9.47 Å². The van der Waals surface area contributed by atoms with Crippen molar-refractivity contribution in [2.24, 2.45) is 5.41 Å². The van der Waals surface area contributed by atoms with Crippen LogP contribution in [0.1, 0.15) is 56.5 Å². The van der Waals surface area contributed by atoms with Gasteiger partial charge in [-0.1, -0.05) is 81.4 Å². The molecular weight excluding hydrogens is 398 g/mol. The molecule has 2 N–H and O–H groups in total. The number of benzene rings is 2. The summed E-state index contributed by atoms with van der Waals surface area (Å²) in [5.41, 5.74) is 9.63. The summed E-state index contributed by atoms with van der Waals surface area (Å²) in [6.45, 7) is 9.21. The molecule has 1 heterocycles. The van der Waals surface area contributed by atoms with Gasteiger partial charge < -0.3 is 15.2 Å². The van der Waals surface area contributed by atoms with Gasteiger partial charge in [-0.15, -0.1) is 0 Å². The SMILES string of the molecule is CC(C)(C)c1cc(N)nn1C1CC(COCc2ccccc2)(COCc2ccccc2)C1. The Bertz CT molecular complexity index is 939. The van der Waals surface area contributed by atoms with Crippen LogP contribution in [0.2, 0.25) is 0 Å². The second kappa shape index (κ2) is 9.47. The van der Waals surface area contributed by atoms with Crippen LogP contribution in [-0.4, -0.2) is 23.0 Å². The van der Waals surface area contributed by atoms with Crippen LogP contribution in [0, 0.1) is 5.41 Å². The number of hydrogen-bond donors (Lipinski definition) is 1. The van der Waals surface area contributed by atoms with Crippen LogP contribution in [0.4, 0.5) is 5.82 Å². The summed E-state index contributed by atoms with van der Waals surface area (Å²) < 4.78 is 14.5. The lowest BCUT2D eigenvalue weighted by Crippen LogP contribution is -2.46. The first-order valence-corrected chi connectivity index (χ1v) is 11.4. The Balaban J connectivity index is 1.42. The van der Waals surface area contributed by atoms with E-state index in [4.69, 9.17) is 15.2 Å². The molecule has 1 fully saturated rings. The fourth-order valence-electron chi connectivity index (χ4n) is 4.56. The van der Waals surface area contributed by atoms with E-state index in [0.29, 0.717) is 38.3 Å². The largest absolute Gasteiger partial charge is 0.382 e. The van der Waals surface area contributed by atoms with E-state index in [1.54, 1.807) is 0 Å². The number of nitrogens with two attached hydrogens (primary N) is 1. The van der Waals surface area contributed by atoms with Crippen molar-refractivity contribution in [2.45, 2.75) is 58.3 Å². The molecule has 0 radical (unpaired) electrons. The van der Waals surface area contributed by atoms with Gasteiger partial charge in [0.1, 0.15) is 5.82 Å². The fraction of sp³-hybridized carbons (Fsp3) is 0.444. The average Bonchev–Trinajstić information content (AvgIpc) is 3.14. The summed E-state index contributed by atoms with van der Waals surface area (Å²) in [4.78, 5) is 0. The maximum Gasteiger partial charge on any atom is 0.145 e. The van der Waals surface area contributed by atoms with Gasteiger partial charge in [0, 0.05) is 22.6 Å². The molecule has 1 aliphatic carbocycles. The van der Waals surface area contributed by atoms with Crippen molar-refractivity contribution in [1.82, 2.24) is 9.78 Å². The molecule has 0 unspecified atom stereocenters. The lowest BCUT2D eigenvalue weighted by atomic mass is 9.66. The zero-order chi connectivity index (χ0) is 22.6. The second-order valence-corrected chi connectivity index (χ2v) is 10.2. The number of nitrogen functional groups attached to an aromatic ring is 1. The minimum Gasteiger partial charge on any atom is -0.382 e. The topological polar surface area (TPSA) is 62.3 Å². The minimum absolute atomic E-state index is 0.00348. The highest BCUT2D eigenvalue weighted by Crippen LogP contribution is 2.50. The summed E-state index contributed by atoms with van der Waals surface area (Å²) in [5.74, 6) is 0.591. The van der Waals surface area contributed by atoms with Crippen molar-refractivity contribution in [2.75, 3.05) is 18.9 Å². The number of hydrogen-bond acceptors (Lipinski definition) is 4. The zero-order valence-electron chi connectivity index (χ0n) is 19.5. The molecule has 0 amide bonds. The first-order valence-electron chi connectivity index (χ1n) is 11.4. The van der Waals surface area contributed by atoms with Crippen molar-refractivity contribution in [3.8, 4) is 0 Å². The van der Waals surface area contributed by atoms with Crippen molar-refractivity contribution >= 4 is 5.82 Å². The molecule has 5 heteroatoms. The summed E-state index contributed by atoms with van der Waals surface area (Å²) in [7, 11) is 0. The number of rotatable bonds is 9. The Hall–Kier alpha value is -2.63. The van der Waals surface area contributed by atoms with Crippen molar-refractivity contribution in [1.29, 1.82) is 0 Å². The van der Waals surface area contributed by atoms with E-state index in [1.807, 2.05) is 42.5 Å². The highest BCUT2D eigenvalue weighted by Gasteiger charge is 2.47. The standard InChI is InChI=1S/C27H35N3O2/c1-26(2,3)24-14-25(28)29-30(24)23-15-27(16-23,19-31-17-21-10-6-4-7-11-21)20-32-18-22-12-8-5-9-13-22/h4-14,23H,15-20H2,1-3H3,(H2,28,29). The molecule has 2 aromatic carbocycles. The van der Waals surface area contributed by atoms with Gasteiger partial charge in [0.2, 0.25) is 0 Å². The molecule has 3 aromatic rings. The predicted molar refractivity (Wildman–Crippen MR) is 128 cm³/mol. The maximum atomic E-state index is 6.18. The molecule has 1 aliphatic rings. The highest BCUT2D eigenvalue weighted by molar-refractivity contribution is 5.33. The maximum absolute atomic E-state index is 6.18. The van der Waals surface area contributed by atoms with Gasteiger partial charge in [0.15, 0.2) is 0 Å². The van der Waals surface area contributed by atoms with E-state index < -0.39 is 0 Å². The van der Waals surface area contributed by atoms with Crippen molar-refractivity contribution in [3.63, 3.8) is 0 Å². The minimum atomic E-state index is -0.00983. The molecule has 0 atom stereocenters. The summed E-state index contributed by atoms with van der Waals surface area (Å²) in [5, 5.41) is 4.63. The lowest BCUT2D eigenvalue weighted by Gasteiger charge is -2.48. The molecule has 1 aromatic heterocycles. The van der Waals surface area contributed by atoms with Crippen LogP contribution in [0.3, 0.4) is 0 Å². The van der Waals surface area contributed by atoms with Gasteiger partial charge in [-0.2, -0.15) is 5.10 Å². The third kappa shape index (κ3) is 5.40. The second-order valence-electron chi connectivity index (χ2n) is 10.2. The Labute approximate surface area is 191 Å². The summed E-state index contributed by atoms with van der Waals surface area (Å²) in [6, 6.07) is 23.0. The number of aromatic nitrogens is 2. The van der Waals surface area contributed by atoms with Gasteiger partial charge in [-0.25, -0.2) is 0 Å². The van der Waals surface area contributed by atoms with Gasteiger partial charge in [0.25, 0.3) is 0 Å². The first-order chi connectivity index (χ1) is 15.3. The van der Waals surface area contributed by atoms with E-state index in [1.165, 1.54) is 16.8 Å². The van der Waals surface area contributed by atoms with Gasteiger partial charge in [0.05, 0.1) is 32.5 Å². The zero-order valence-corrected chi connectivity index (χ0v) is 19.5. The third-order valence-electron chi connectivity index (χ3n) is 6.25. The quantitative estimate of drug-likeness (QED) is 0.483. The molecule has 0 bridgehead atoms. The summed E-state index contributed by atoms with van der Waals surface area (Å²) in [6.07, 6.45) is 1.95. The molecule has 170 valence electrons. The number of nitrogens with zero attached hydrogens (tertiary/aromatic N) is 2. The molecule has 5 nitrogen and oxygen atoms in total. The predicted octanol–water partition coefficient (Wildman–Crippen LogP) is 5.52. The van der Waals surface area contributed by atoms with E-state index in [2.05, 4.69) is 54.8 Å². The van der Waals surface area contributed by atoms with E-state index in [0.717, 1.165) is 12.8 Å². The van der Waals surface area contributed by atoms with Crippen LogP contribution < -0.4 is 5.73 Å². The van der Waals surface area contributed by atoms with Crippen LogP contribution in [0.15, 0.2) is 66.7 Å². The summed E-state index contributed by atoms with van der Waals surface area (Å²) >= 11 is 0. The third-order valence-corrected chi connectivity index (χ3v) is 6.25. The normalized spacial score (nSPS) is 16.1. The Morgan fingerprint density at radius 2 is 1.41 bits per heavy atom. The molecule has 0 spiro atoms. The average molecular weight is 434 g/mol. The number of anilines is 1. The molecular formula is C27H35N3O2. The monoisotopic (exact) mass is 433 g/mol. The van der Waals surface area contributed by atoms with E-state index >= 15 is 0 Å². The van der Waals surface area contributed by atoms with E-state index in [-0.39, 0.29) is 10.8 Å².